The van der Waals surface area contributed by atoms with Gasteiger partial charge in [-0.05, 0) is 47.9 Å². The molecule has 0 radical (unpaired) electrons. The molecule has 6 heteroatoms. The van der Waals surface area contributed by atoms with Crippen LogP contribution in [0.5, 0.6) is 11.5 Å². The fourth-order valence-electron chi connectivity index (χ4n) is 2.65. The van der Waals surface area contributed by atoms with E-state index in [-0.39, 0.29) is 0 Å². The van der Waals surface area contributed by atoms with Gasteiger partial charge in [-0.2, -0.15) is 5.10 Å². The lowest BCUT2D eigenvalue weighted by atomic mass is 10.2. The van der Waals surface area contributed by atoms with Gasteiger partial charge in [0.15, 0.2) is 11.5 Å². The Hall–Kier alpha value is -3.80. The second-order valence-electron chi connectivity index (χ2n) is 6.32. The van der Waals surface area contributed by atoms with Gasteiger partial charge >= 0.3 is 6.03 Å². The number of rotatable bonds is 7. The third kappa shape index (κ3) is 5.84. The number of carbonyl (C=O) groups excluding carboxylic acids is 1. The first kappa shape index (κ1) is 19.9. The Morgan fingerprint density at radius 3 is 2.52 bits per heavy atom. The number of amides is 2. The van der Waals surface area contributed by atoms with Crippen molar-refractivity contribution in [3.8, 4) is 11.5 Å². The maximum Gasteiger partial charge on any atom is 0.339 e. The highest BCUT2D eigenvalue weighted by atomic mass is 16.5. The minimum Gasteiger partial charge on any atom is -0.493 e. The first-order valence-corrected chi connectivity index (χ1v) is 9.16. The number of anilines is 1. The van der Waals surface area contributed by atoms with Gasteiger partial charge in [0, 0.05) is 5.69 Å². The first-order valence-electron chi connectivity index (χ1n) is 9.16. The van der Waals surface area contributed by atoms with Crippen molar-refractivity contribution in [1.29, 1.82) is 0 Å². The quantitative estimate of drug-likeness (QED) is 0.453. The van der Waals surface area contributed by atoms with Crippen LogP contribution in [0.3, 0.4) is 0 Å². The molecule has 2 amide bonds. The van der Waals surface area contributed by atoms with Crippen LogP contribution < -0.4 is 20.2 Å². The largest absolute Gasteiger partial charge is 0.493 e. The molecule has 0 fully saturated rings. The van der Waals surface area contributed by atoms with Crippen LogP contribution >= 0.6 is 0 Å². The van der Waals surface area contributed by atoms with Crippen molar-refractivity contribution in [2.24, 2.45) is 5.10 Å². The second kappa shape index (κ2) is 9.94. The standard InChI is InChI=1S/C23H23N3O3/c1-17-8-6-7-11-20(17)25-23(27)26-24-15-19-12-13-21(28-2)22(14-19)29-16-18-9-4-3-5-10-18/h3-15H,16H2,1-2H3,(H2,25,26,27). The molecule has 3 aromatic carbocycles. The number of nitrogens with one attached hydrogen (secondary N) is 2. The van der Waals surface area contributed by atoms with E-state index < -0.39 is 6.03 Å². The van der Waals surface area contributed by atoms with Crippen LogP contribution in [0.25, 0.3) is 0 Å². The fraction of sp³-hybridized carbons (Fsp3) is 0.130. The molecule has 0 aliphatic rings. The van der Waals surface area contributed by atoms with Gasteiger partial charge in [-0.15, -0.1) is 0 Å². The van der Waals surface area contributed by atoms with E-state index in [2.05, 4.69) is 15.8 Å². The number of nitrogens with zero attached hydrogens (tertiary/aromatic N) is 1. The van der Waals surface area contributed by atoms with Gasteiger partial charge in [0.2, 0.25) is 0 Å². The average molecular weight is 389 g/mol. The SMILES string of the molecule is COc1ccc(C=NNC(=O)Nc2ccccc2C)cc1OCc1ccccc1. The summed E-state index contributed by atoms with van der Waals surface area (Å²) in [6.07, 6.45) is 1.55. The van der Waals surface area contributed by atoms with E-state index in [0.717, 1.165) is 22.4 Å². The van der Waals surface area contributed by atoms with Gasteiger partial charge in [-0.1, -0.05) is 48.5 Å². The molecule has 0 atom stereocenters. The Kier molecular flexibility index (Phi) is 6.84. The lowest BCUT2D eigenvalue weighted by Crippen LogP contribution is -2.24. The monoisotopic (exact) mass is 389 g/mol. The molecular weight excluding hydrogens is 366 g/mol. The minimum atomic E-state index is -0.412. The molecule has 2 N–H and O–H groups in total. The zero-order valence-electron chi connectivity index (χ0n) is 16.4. The zero-order valence-corrected chi connectivity index (χ0v) is 16.4. The number of carbonyl (C=O) groups is 1. The van der Waals surface area contributed by atoms with Crippen LogP contribution in [-0.2, 0) is 6.61 Å². The number of ether oxygens (including phenoxy) is 2. The number of hydrogen-bond acceptors (Lipinski definition) is 4. The smallest absolute Gasteiger partial charge is 0.339 e. The summed E-state index contributed by atoms with van der Waals surface area (Å²) in [5.41, 5.74) is 6.00. The van der Waals surface area contributed by atoms with E-state index in [4.69, 9.17) is 9.47 Å². The summed E-state index contributed by atoms with van der Waals surface area (Å²) >= 11 is 0. The topological polar surface area (TPSA) is 72.0 Å². The molecule has 0 spiro atoms. The molecular formula is C23H23N3O3. The molecule has 0 heterocycles. The average Bonchev–Trinajstić information content (AvgIpc) is 2.75. The molecule has 3 aromatic rings. The molecule has 0 aliphatic heterocycles. The molecule has 0 bridgehead atoms. The van der Waals surface area contributed by atoms with Crippen molar-refractivity contribution < 1.29 is 14.3 Å². The van der Waals surface area contributed by atoms with Crippen molar-refractivity contribution in [2.75, 3.05) is 12.4 Å². The van der Waals surface area contributed by atoms with Gasteiger partial charge in [0.1, 0.15) is 6.61 Å². The van der Waals surface area contributed by atoms with Gasteiger partial charge in [-0.25, -0.2) is 10.2 Å². The van der Waals surface area contributed by atoms with E-state index in [0.29, 0.717) is 18.1 Å². The third-order valence-electron chi connectivity index (χ3n) is 4.20. The number of aryl methyl sites for hydroxylation is 1. The molecule has 3 rings (SSSR count). The van der Waals surface area contributed by atoms with Crippen LogP contribution in [0.15, 0.2) is 77.9 Å². The number of benzene rings is 3. The second-order valence-corrected chi connectivity index (χ2v) is 6.32. The normalized spacial score (nSPS) is 10.6. The van der Waals surface area contributed by atoms with Crippen LogP contribution in [0.1, 0.15) is 16.7 Å². The number of hydrogen-bond donors (Lipinski definition) is 2. The Morgan fingerprint density at radius 2 is 1.76 bits per heavy atom. The predicted octanol–water partition coefficient (Wildman–Crippen LogP) is 4.74. The van der Waals surface area contributed by atoms with E-state index in [1.165, 1.54) is 0 Å². The lowest BCUT2D eigenvalue weighted by Gasteiger charge is -2.11. The Labute approximate surface area is 170 Å². The summed E-state index contributed by atoms with van der Waals surface area (Å²) in [5.74, 6) is 1.23. The van der Waals surface area contributed by atoms with Crippen molar-refractivity contribution in [3.63, 3.8) is 0 Å². The van der Waals surface area contributed by atoms with E-state index >= 15 is 0 Å². The molecule has 0 unspecified atom stereocenters. The highest BCUT2D eigenvalue weighted by Gasteiger charge is 2.06. The summed E-state index contributed by atoms with van der Waals surface area (Å²) in [7, 11) is 1.59. The Balaban J connectivity index is 1.61. The van der Waals surface area contributed by atoms with Gasteiger partial charge in [0.25, 0.3) is 0 Å². The lowest BCUT2D eigenvalue weighted by molar-refractivity contribution is 0.252. The number of para-hydroxylation sites is 1. The molecule has 0 aromatic heterocycles. The Morgan fingerprint density at radius 1 is 1.00 bits per heavy atom. The predicted molar refractivity (Wildman–Crippen MR) is 115 cm³/mol. The molecule has 0 saturated carbocycles. The van der Waals surface area contributed by atoms with Crippen molar-refractivity contribution in [1.82, 2.24) is 5.43 Å². The van der Waals surface area contributed by atoms with Crippen LogP contribution in [-0.4, -0.2) is 19.4 Å². The fourth-order valence-corrected chi connectivity index (χ4v) is 2.65. The summed E-state index contributed by atoms with van der Waals surface area (Å²) in [6, 6.07) is 22.4. The van der Waals surface area contributed by atoms with Crippen LogP contribution in [0, 0.1) is 6.92 Å². The minimum absolute atomic E-state index is 0.412. The third-order valence-corrected chi connectivity index (χ3v) is 4.20. The van der Waals surface area contributed by atoms with Gasteiger partial charge in [-0.3, -0.25) is 0 Å². The number of hydrazone groups is 1. The van der Waals surface area contributed by atoms with Gasteiger partial charge < -0.3 is 14.8 Å². The maximum absolute atomic E-state index is 12.0. The molecule has 6 nitrogen and oxygen atoms in total. The molecule has 148 valence electrons. The maximum atomic E-state index is 12.0. The highest BCUT2D eigenvalue weighted by Crippen LogP contribution is 2.28. The van der Waals surface area contributed by atoms with Gasteiger partial charge in [0.05, 0.1) is 13.3 Å². The number of urea groups is 1. The van der Waals surface area contributed by atoms with Crippen LogP contribution in [0.4, 0.5) is 10.5 Å². The van der Waals surface area contributed by atoms with Crippen LogP contribution in [0.2, 0.25) is 0 Å². The van der Waals surface area contributed by atoms with Crippen molar-refractivity contribution >= 4 is 17.9 Å². The van der Waals surface area contributed by atoms with Crippen molar-refractivity contribution in [3.05, 3.63) is 89.5 Å². The zero-order chi connectivity index (χ0) is 20.5. The van der Waals surface area contributed by atoms with Crippen molar-refractivity contribution in [2.45, 2.75) is 13.5 Å². The summed E-state index contributed by atoms with van der Waals surface area (Å²) in [5, 5.41) is 6.75. The molecule has 29 heavy (non-hydrogen) atoms. The van der Waals surface area contributed by atoms with E-state index in [9.17, 15) is 4.79 Å². The summed E-state index contributed by atoms with van der Waals surface area (Å²) in [6.45, 7) is 2.35. The summed E-state index contributed by atoms with van der Waals surface area (Å²) in [4.78, 5) is 12.0. The Bertz CT molecular complexity index is 988. The molecule has 0 saturated heterocycles. The number of methoxy groups -OCH3 is 1. The first-order chi connectivity index (χ1) is 14.2. The summed E-state index contributed by atoms with van der Waals surface area (Å²) < 4.78 is 11.2. The van der Waals surface area contributed by atoms with E-state index in [1.54, 1.807) is 19.4 Å². The van der Waals surface area contributed by atoms with E-state index in [1.807, 2.05) is 73.7 Å². The molecule has 0 aliphatic carbocycles. The highest BCUT2D eigenvalue weighted by molar-refractivity contribution is 5.91.